The van der Waals surface area contributed by atoms with Crippen LogP contribution in [0, 0.1) is 0 Å². The predicted molar refractivity (Wildman–Crippen MR) is 75.5 cm³/mol. The largest absolute Gasteiger partial charge is 0.505 e. The van der Waals surface area contributed by atoms with Crippen LogP contribution in [0.5, 0.6) is 5.75 Å². The number of pyridine rings is 2. The van der Waals surface area contributed by atoms with Crippen LogP contribution in [0.15, 0.2) is 36.8 Å². The molecule has 2 aromatic rings. The summed E-state index contributed by atoms with van der Waals surface area (Å²) in [5.41, 5.74) is 1.54. The van der Waals surface area contributed by atoms with Crippen molar-refractivity contribution in [1.29, 1.82) is 0 Å². The third-order valence-electron chi connectivity index (χ3n) is 2.55. The van der Waals surface area contributed by atoms with E-state index in [4.69, 9.17) is 0 Å². The first-order valence-electron chi connectivity index (χ1n) is 6.10. The fraction of sp³-hybridized carbons (Fsp3) is 0.214. The number of carbonyl (C=O) groups excluding carboxylic acids is 1. The molecule has 6 heteroatoms. The van der Waals surface area contributed by atoms with Crippen molar-refractivity contribution >= 4 is 11.6 Å². The molecule has 2 N–H and O–H groups in total. The molecule has 0 saturated carbocycles. The molecule has 0 atom stereocenters. The van der Waals surface area contributed by atoms with Gasteiger partial charge in [0.25, 0.3) is 5.91 Å². The lowest BCUT2D eigenvalue weighted by atomic mass is 10.2. The number of nitrogens with one attached hydrogen (secondary N) is 1. The monoisotopic (exact) mass is 272 g/mol. The van der Waals surface area contributed by atoms with Gasteiger partial charge in [0.1, 0.15) is 5.75 Å². The summed E-state index contributed by atoms with van der Waals surface area (Å²) in [4.78, 5) is 21.9. The Kier molecular flexibility index (Phi) is 4.27. The second kappa shape index (κ2) is 6.12. The van der Waals surface area contributed by atoms with Crippen molar-refractivity contribution in [2.75, 3.05) is 19.4 Å². The lowest BCUT2D eigenvalue weighted by Gasteiger charge is -2.11. The third-order valence-corrected chi connectivity index (χ3v) is 2.55. The molecule has 6 nitrogen and oxygen atoms in total. The number of amides is 1. The van der Waals surface area contributed by atoms with Gasteiger partial charge in [-0.2, -0.15) is 0 Å². The lowest BCUT2D eigenvalue weighted by molar-refractivity contribution is 0.101. The van der Waals surface area contributed by atoms with E-state index in [1.165, 1.54) is 12.3 Å². The summed E-state index contributed by atoms with van der Waals surface area (Å²) in [6, 6.07) is 4.82. The molecule has 0 aliphatic heterocycles. The number of nitrogens with zero attached hydrogens (tertiary/aromatic N) is 3. The van der Waals surface area contributed by atoms with E-state index in [1.54, 1.807) is 18.5 Å². The maximum atomic E-state index is 12.0. The van der Waals surface area contributed by atoms with Gasteiger partial charge in [-0.15, -0.1) is 0 Å². The van der Waals surface area contributed by atoms with Gasteiger partial charge < -0.3 is 15.3 Å². The Morgan fingerprint density at radius 3 is 2.90 bits per heavy atom. The van der Waals surface area contributed by atoms with Crippen LogP contribution >= 0.6 is 0 Å². The number of hydrogen-bond acceptors (Lipinski definition) is 5. The lowest BCUT2D eigenvalue weighted by Crippen LogP contribution is -2.15. The summed E-state index contributed by atoms with van der Waals surface area (Å²) < 4.78 is 0. The molecule has 20 heavy (non-hydrogen) atoms. The summed E-state index contributed by atoms with van der Waals surface area (Å²) in [6.45, 7) is 0.728. The molecule has 0 aromatic carbocycles. The smallest absolute Gasteiger partial charge is 0.278 e. The molecule has 104 valence electrons. The van der Waals surface area contributed by atoms with Crippen molar-refractivity contribution in [3.05, 3.63) is 48.0 Å². The van der Waals surface area contributed by atoms with Crippen molar-refractivity contribution in [2.45, 2.75) is 6.54 Å². The van der Waals surface area contributed by atoms with E-state index >= 15 is 0 Å². The fourth-order valence-electron chi connectivity index (χ4n) is 1.77. The van der Waals surface area contributed by atoms with E-state index in [9.17, 15) is 9.90 Å². The van der Waals surface area contributed by atoms with E-state index < -0.39 is 5.91 Å². The fourth-order valence-corrected chi connectivity index (χ4v) is 1.77. The third kappa shape index (κ3) is 3.52. The average molecular weight is 272 g/mol. The average Bonchev–Trinajstić information content (AvgIpc) is 2.38. The van der Waals surface area contributed by atoms with Crippen LogP contribution in [0.1, 0.15) is 16.1 Å². The molecule has 1 amide bonds. The van der Waals surface area contributed by atoms with E-state index in [0.717, 1.165) is 12.1 Å². The van der Waals surface area contributed by atoms with Gasteiger partial charge in [0.05, 0.1) is 11.9 Å². The number of hydrogen-bond donors (Lipinski definition) is 2. The van der Waals surface area contributed by atoms with Gasteiger partial charge in [-0.1, -0.05) is 0 Å². The Balaban J connectivity index is 2.14. The zero-order chi connectivity index (χ0) is 14.5. The number of aromatic hydroxyl groups is 1. The molecule has 0 radical (unpaired) electrons. The van der Waals surface area contributed by atoms with Crippen LogP contribution < -0.4 is 5.32 Å². The second-order valence-corrected chi connectivity index (χ2v) is 4.64. The Morgan fingerprint density at radius 1 is 1.40 bits per heavy atom. The maximum Gasteiger partial charge on any atom is 0.278 e. The Bertz CT molecular complexity index is 614. The topological polar surface area (TPSA) is 78.4 Å². The summed E-state index contributed by atoms with van der Waals surface area (Å²) in [5, 5.41) is 12.3. The van der Waals surface area contributed by atoms with E-state index in [0.29, 0.717) is 5.69 Å². The standard InChI is InChI=1S/C14H16N4O2/c1-18(2)9-10-6-11(8-15-7-10)17-14(20)13-12(19)4-3-5-16-13/h3-8,19H,9H2,1-2H3,(H,17,20). The summed E-state index contributed by atoms with van der Waals surface area (Å²) in [7, 11) is 3.91. The zero-order valence-corrected chi connectivity index (χ0v) is 11.4. The van der Waals surface area contributed by atoms with Crippen molar-refractivity contribution in [3.63, 3.8) is 0 Å². The molecule has 0 aliphatic carbocycles. The highest BCUT2D eigenvalue weighted by molar-refractivity contribution is 6.04. The van der Waals surface area contributed by atoms with Gasteiger partial charge in [0.15, 0.2) is 5.69 Å². The van der Waals surface area contributed by atoms with Gasteiger partial charge in [-0.3, -0.25) is 9.78 Å². The summed E-state index contributed by atoms with van der Waals surface area (Å²) in [6.07, 6.45) is 4.75. The van der Waals surface area contributed by atoms with Crippen LogP contribution in [-0.4, -0.2) is 40.0 Å². The van der Waals surface area contributed by atoms with Crippen LogP contribution in [0.25, 0.3) is 0 Å². The van der Waals surface area contributed by atoms with E-state index in [1.807, 2.05) is 25.1 Å². The highest BCUT2D eigenvalue weighted by Gasteiger charge is 2.12. The SMILES string of the molecule is CN(C)Cc1cncc(NC(=O)c2ncccc2O)c1. The Labute approximate surface area is 117 Å². The molecule has 0 bridgehead atoms. The molecular formula is C14H16N4O2. The van der Waals surface area contributed by atoms with Crippen molar-refractivity contribution in [1.82, 2.24) is 14.9 Å². The van der Waals surface area contributed by atoms with Gasteiger partial charge >= 0.3 is 0 Å². The first-order chi connectivity index (χ1) is 9.56. The molecule has 0 aliphatic rings. The van der Waals surface area contributed by atoms with Gasteiger partial charge in [0, 0.05) is 18.9 Å². The van der Waals surface area contributed by atoms with Crippen LogP contribution in [-0.2, 0) is 6.54 Å². The zero-order valence-electron chi connectivity index (χ0n) is 11.4. The second-order valence-electron chi connectivity index (χ2n) is 4.64. The molecule has 0 spiro atoms. The number of rotatable bonds is 4. The molecular weight excluding hydrogens is 256 g/mol. The van der Waals surface area contributed by atoms with Gasteiger partial charge in [-0.05, 0) is 37.9 Å². The highest BCUT2D eigenvalue weighted by atomic mass is 16.3. The minimum absolute atomic E-state index is 0.00878. The normalized spacial score (nSPS) is 10.6. The van der Waals surface area contributed by atoms with Crippen molar-refractivity contribution < 1.29 is 9.90 Å². The van der Waals surface area contributed by atoms with Crippen molar-refractivity contribution in [2.24, 2.45) is 0 Å². The first-order valence-corrected chi connectivity index (χ1v) is 6.10. The summed E-state index contributed by atoms with van der Waals surface area (Å²) >= 11 is 0. The van der Waals surface area contributed by atoms with E-state index in [2.05, 4.69) is 15.3 Å². The van der Waals surface area contributed by atoms with Crippen molar-refractivity contribution in [3.8, 4) is 5.75 Å². The molecule has 2 heterocycles. The number of carbonyl (C=O) groups is 1. The summed E-state index contributed by atoms with van der Waals surface area (Å²) in [5.74, 6) is -0.616. The van der Waals surface area contributed by atoms with Crippen LogP contribution in [0.4, 0.5) is 5.69 Å². The first kappa shape index (κ1) is 14.0. The molecule has 2 aromatic heterocycles. The molecule has 0 saturated heterocycles. The maximum absolute atomic E-state index is 12.0. The Morgan fingerprint density at radius 2 is 2.20 bits per heavy atom. The molecule has 2 rings (SSSR count). The predicted octanol–water partition coefficient (Wildman–Crippen LogP) is 1.50. The van der Waals surface area contributed by atoms with E-state index in [-0.39, 0.29) is 11.4 Å². The highest BCUT2D eigenvalue weighted by Crippen LogP contribution is 2.16. The van der Waals surface area contributed by atoms with Gasteiger partial charge in [0.2, 0.25) is 0 Å². The molecule has 0 unspecified atom stereocenters. The number of anilines is 1. The van der Waals surface area contributed by atoms with Gasteiger partial charge in [-0.25, -0.2) is 4.98 Å². The molecule has 0 fully saturated rings. The Hall–Kier alpha value is -2.47. The quantitative estimate of drug-likeness (QED) is 0.881. The minimum atomic E-state index is -0.466. The number of aromatic nitrogens is 2. The van der Waals surface area contributed by atoms with Crippen LogP contribution in [0.3, 0.4) is 0 Å². The van der Waals surface area contributed by atoms with Crippen LogP contribution in [0.2, 0.25) is 0 Å². The minimum Gasteiger partial charge on any atom is -0.505 e.